The van der Waals surface area contributed by atoms with E-state index in [0.717, 1.165) is 44.3 Å². The largest absolute Gasteiger partial charge is 0.369 e. The molecule has 4 nitrogen and oxygen atoms in total. The second kappa shape index (κ2) is 14.1. The zero-order chi connectivity index (χ0) is 20.8. The van der Waals surface area contributed by atoms with Crippen molar-refractivity contribution in [2.75, 3.05) is 37.6 Å². The van der Waals surface area contributed by atoms with E-state index in [1.54, 1.807) is 6.07 Å². The van der Waals surface area contributed by atoms with E-state index in [0.29, 0.717) is 0 Å². The van der Waals surface area contributed by atoms with Crippen molar-refractivity contribution in [3.63, 3.8) is 0 Å². The second-order valence-corrected chi connectivity index (χ2v) is 7.68. The number of ketones is 1. The van der Waals surface area contributed by atoms with E-state index in [2.05, 4.69) is 23.6 Å². The van der Waals surface area contributed by atoms with Gasteiger partial charge in [0.05, 0.1) is 12.5 Å². The number of carbonyl (C=O) groups excluding carboxylic acids is 1. The van der Waals surface area contributed by atoms with Crippen LogP contribution in [0.1, 0.15) is 59.3 Å². The first-order chi connectivity index (χ1) is 13.5. The number of nitriles is 1. The highest BCUT2D eigenvalue weighted by Crippen LogP contribution is 2.22. The van der Waals surface area contributed by atoms with E-state index < -0.39 is 0 Å². The molecule has 0 bridgehead atoms. The van der Waals surface area contributed by atoms with Crippen molar-refractivity contribution in [1.29, 1.82) is 5.26 Å². The number of likely N-dealkylation sites (N-methyl/N-ethyl adjacent to an activating group) is 1. The van der Waals surface area contributed by atoms with E-state index in [4.69, 9.17) is 5.26 Å². The Morgan fingerprint density at radius 2 is 1.68 bits per heavy atom. The summed E-state index contributed by atoms with van der Waals surface area (Å²) < 4.78 is 12.7. The van der Waals surface area contributed by atoms with Gasteiger partial charge in [0.25, 0.3) is 0 Å². The number of Topliss-reactive ketones (excluding diaryl/α,β-unsaturated/α-hetero) is 1. The molecule has 2 fully saturated rings. The number of rotatable bonds is 3. The molecule has 0 amide bonds. The third-order valence-corrected chi connectivity index (χ3v) is 5.23. The van der Waals surface area contributed by atoms with Crippen molar-refractivity contribution < 1.29 is 9.18 Å². The van der Waals surface area contributed by atoms with Crippen molar-refractivity contribution in [3.8, 4) is 6.07 Å². The zero-order valence-corrected chi connectivity index (χ0v) is 17.8. The van der Waals surface area contributed by atoms with Crippen LogP contribution in [0.25, 0.3) is 0 Å². The van der Waals surface area contributed by atoms with Crippen LogP contribution in [0.5, 0.6) is 0 Å². The van der Waals surface area contributed by atoms with Crippen molar-refractivity contribution in [2.45, 2.75) is 59.3 Å². The van der Waals surface area contributed by atoms with E-state index in [9.17, 15) is 9.18 Å². The van der Waals surface area contributed by atoms with Crippen molar-refractivity contribution >= 4 is 11.5 Å². The molecule has 28 heavy (non-hydrogen) atoms. The molecular weight excluding hydrogens is 353 g/mol. The van der Waals surface area contributed by atoms with E-state index in [1.807, 2.05) is 12.1 Å². The molecule has 1 saturated carbocycles. The highest BCUT2D eigenvalue weighted by atomic mass is 19.1. The lowest BCUT2D eigenvalue weighted by Crippen LogP contribution is -2.46. The maximum absolute atomic E-state index is 12.7. The molecule has 1 aliphatic carbocycles. The summed E-state index contributed by atoms with van der Waals surface area (Å²) >= 11 is 0. The minimum Gasteiger partial charge on any atom is -0.369 e. The highest BCUT2D eigenvalue weighted by Gasteiger charge is 2.15. The van der Waals surface area contributed by atoms with Crippen LogP contribution in [0.3, 0.4) is 0 Å². The Morgan fingerprint density at radius 1 is 1.11 bits per heavy atom. The predicted molar refractivity (Wildman–Crippen MR) is 114 cm³/mol. The van der Waals surface area contributed by atoms with Gasteiger partial charge in [-0.05, 0) is 43.7 Å². The summed E-state index contributed by atoms with van der Waals surface area (Å²) in [6, 6.07) is 8.49. The second-order valence-electron chi connectivity index (χ2n) is 7.68. The fourth-order valence-corrected chi connectivity index (χ4v) is 3.39. The minimum atomic E-state index is -0.161. The minimum absolute atomic E-state index is 0.0417. The predicted octanol–water partition coefficient (Wildman–Crippen LogP) is 5.04. The Hall–Kier alpha value is -1.93. The van der Waals surface area contributed by atoms with Gasteiger partial charge in [-0.15, -0.1) is 0 Å². The van der Waals surface area contributed by atoms with Gasteiger partial charge in [-0.2, -0.15) is 5.26 Å². The van der Waals surface area contributed by atoms with Gasteiger partial charge < -0.3 is 9.80 Å². The van der Waals surface area contributed by atoms with Crippen LogP contribution in [0.15, 0.2) is 24.3 Å². The van der Waals surface area contributed by atoms with Gasteiger partial charge in [-0.1, -0.05) is 46.0 Å². The fourth-order valence-electron chi connectivity index (χ4n) is 3.39. The van der Waals surface area contributed by atoms with Crippen LogP contribution >= 0.6 is 0 Å². The normalized spacial score (nSPS) is 17.5. The molecule has 0 N–H and O–H groups in total. The number of hydrogen-bond donors (Lipinski definition) is 0. The average Bonchev–Trinajstić information content (AvgIpc) is 2.70. The Bertz CT molecular complexity index is 583. The van der Waals surface area contributed by atoms with Crippen LogP contribution in [0.4, 0.5) is 10.1 Å². The molecule has 1 aromatic carbocycles. The Kier molecular flexibility index (Phi) is 12.2. The summed E-state index contributed by atoms with van der Waals surface area (Å²) in [5, 5.41) is 7.77. The third kappa shape index (κ3) is 10.4. The number of benzene rings is 1. The monoisotopic (exact) mass is 389 g/mol. The molecule has 0 radical (unpaired) electrons. The summed E-state index contributed by atoms with van der Waals surface area (Å²) in [6.07, 6.45) is 7.48. The lowest BCUT2D eigenvalue weighted by molar-refractivity contribution is -0.116. The first-order valence-electron chi connectivity index (χ1n) is 10.6. The molecule has 1 heterocycles. The van der Waals surface area contributed by atoms with Gasteiger partial charge >= 0.3 is 0 Å². The molecule has 0 spiro atoms. The van der Waals surface area contributed by atoms with Crippen molar-refractivity contribution in [2.24, 2.45) is 5.92 Å². The van der Waals surface area contributed by atoms with Crippen molar-refractivity contribution in [1.82, 2.24) is 4.90 Å². The van der Waals surface area contributed by atoms with Crippen LogP contribution in [0, 0.1) is 23.1 Å². The van der Waals surface area contributed by atoms with Crippen LogP contribution in [-0.2, 0) is 4.79 Å². The summed E-state index contributed by atoms with van der Waals surface area (Å²) in [5.41, 5.74) is 1.13. The van der Waals surface area contributed by atoms with Gasteiger partial charge in [0.1, 0.15) is 11.6 Å². The molecule has 5 heteroatoms. The van der Waals surface area contributed by atoms with Gasteiger partial charge in [-0.3, -0.25) is 4.79 Å². The van der Waals surface area contributed by atoms with E-state index in [-0.39, 0.29) is 18.0 Å². The molecule has 0 atom stereocenters. The molecule has 156 valence electrons. The molecule has 2 aliphatic rings. The molecule has 1 aliphatic heterocycles. The Morgan fingerprint density at radius 3 is 2.04 bits per heavy atom. The number of nitrogens with zero attached hydrogens (tertiary/aromatic N) is 3. The zero-order valence-electron chi connectivity index (χ0n) is 17.8. The van der Waals surface area contributed by atoms with E-state index in [1.165, 1.54) is 51.2 Å². The number of halogens is 1. The van der Waals surface area contributed by atoms with Gasteiger partial charge in [0, 0.05) is 31.9 Å². The number of anilines is 1. The lowest BCUT2D eigenvalue weighted by Gasteiger charge is -2.35. The summed E-state index contributed by atoms with van der Waals surface area (Å²) in [6.45, 7) is 11.4. The van der Waals surface area contributed by atoms with E-state index >= 15 is 0 Å². The number of piperazine rings is 1. The van der Waals surface area contributed by atoms with Crippen LogP contribution < -0.4 is 4.90 Å². The summed E-state index contributed by atoms with van der Waals surface area (Å²) in [7, 11) is 0. The maximum atomic E-state index is 12.7. The molecule has 0 aromatic heterocycles. The first kappa shape index (κ1) is 24.1. The maximum Gasteiger partial charge on any atom is 0.143 e. The SMILES string of the molecule is CC(=O)CC#N.CC1CCCCC1.CCN1CCN(c2ccc(F)cc2)CC1. The quantitative estimate of drug-likeness (QED) is 0.726. The van der Waals surface area contributed by atoms with Gasteiger partial charge in [0.15, 0.2) is 0 Å². The Labute approximate surface area is 170 Å². The lowest BCUT2D eigenvalue weighted by atomic mass is 9.91. The third-order valence-electron chi connectivity index (χ3n) is 5.23. The molecule has 1 saturated heterocycles. The number of hydrogen-bond acceptors (Lipinski definition) is 4. The molecule has 1 aromatic rings. The fraction of sp³-hybridized carbons (Fsp3) is 0.652. The highest BCUT2D eigenvalue weighted by molar-refractivity contribution is 5.77. The van der Waals surface area contributed by atoms with Gasteiger partial charge in [-0.25, -0.2) is 4.39 Å². The molecular formula is C23H36FN3O. The van der Waals surface area contributed by atoms with Crippen LogP contribution in [-0.4, -0.2) is 43.4 Å². The number of carbonyl (C=O) groups is 1. The summed E-state index contributed by atoms with van der Waals surface area (Å²) in [5.74, 6) is 0.803. The average molecular weight is 390 g/mol. The molecule has 0 unspecified atom stereocenters. The molecule has 3 rings (SSSR count). The standard InChI is InChI=1S/C12H17FN2.C7H14.C4H5NO/c1-2-14-7-9-15(10-8-14)12-5-3-11(13)4-6-12;1-7-5-3-2-4-6-7;1-4(6)2-3-5/h3-6H,2,7-10H2,1H3;7H,2-6H2,1H3;2H2,1H3. The Balaban J connectivity index is 0.000000251. The van der Waals surface area contributed by atoms with Crippen LogP contribution in [0.2, 0.25) is 0 Å². The summed E-state index contributed by atoms with van der Waals surface area (Å²) in [4.78, 5) is 14.6. The van der Waals surface area contributed by atoms with Gasteiger partial charge in [0.2, 0.25) is 0 Å². The topological polar surface area (TPSA) is 47.3 Å². The first-order valence-corrected chi connectivity index (χ1v) is 10.6. The smallest absolute Gasteiger partial charge is 0.143 e. The van der Waals surface area contributed by atoms with Crippen molar-refractivity contribution in [3.05, 3.63) is 30.1 Å².